The summed E-state index contributed by atoms with van der Waals surface area (Å²) in [6.07, 6.45) is 2.57. The molecule has 2 nitrogen and oxygen atoms in total. The number of halogens is 2. The van der Waals surface area contributed by atoms with Gasteiger partial charge in [-0.05, 0) is 36.1 Å². The van der Waals surface area contributed by atoms with E-state index < -0.39 is 5.82 Å². The van der Waals surface area contributed by atoms with Crippen molar-refractivity contribution in [2.24, 2.45) is 0 Å². The molecule has 0 radical (unpaired) electrons. The molecule has 110 valence electrons. The van der Waals surface area contributed by atoms with Crippen molar-refractivity contribution in [3.05, 3.63) is 64.4 Å². The first-order valence-electron chi connectivity index (χ1n) is 7.10. The molecule has 21 heavy (non-hydrogen) atoms. The van der Waals surface area contributed by atoms with Crippen molar-refractivity contribution in [3.8, 4) is 5.75 Å². The maximum absolute atomic E-state index is 13.1. The van der Waals surface area contributed by atoms with Crippen LogP contribution in [-0.2, 0) is 13.2 Å². The minimum absolute atomic E-state index is 0.0786. The van der Waals surface area contributed by atoms with Crippen molar-refractivity contribution in [3.63, 3.8) is 0 Å². The fourth-order valence-corrected chi connectivity index (χ4v) is 2.28. The summed E-state index contributed by atoms with van der Waals surface area (Å²) in [7, 11) is 0. The Bertz CT molecular complexity index is 628. The largest absolute Gasteiger partial charge is 0.489 e. The third-order valence-electron chi connectivity index (χ3n) is 3.46. The van der Waals surface area contributed by atoms with Crippen LogP contribution in [0, 0.1) is 5.82 Å². The van der Waals surface area contributed by atoms with Crippen LogP contribution < -0.4 is 10.1 Å². The molecule has 2 aromatic carbocycles. The van der Waals surface area contributed by atoms with Crippen LogP contribution in [0.1, 0.15) is 24.0 Å². The molecule has 0 unspecified atom stereocenters. The number of rotatable bonds is 6. The van der Waals surface area contributed by atoms with Crippen molar-refractivity contribution < 1.29 is 9.13 Å². The maximum Gasteiger partial charge on any atom is 0.142 e. The Morgan fingerprint density at radius 1 is 1.14 bits per heavy atom. The number of hydrogen-bond donors (Lipinski definition) is 1. The molecule has 0 heterocycles. The third kappa shape index (κ3) is 4.19. The van der Waals surface area contributed by atoms with Crippen LogP contribution in [0.25, 0.3) is 0 Å². The van der Waals surface area contributed by atoms with E-state index in [0.29, 0.717) is 18.4 Å². The molecule has 1 saturated carbocycles. The summed E-state index contributed by atoms with van der Waals surface area (Å²) in [4.78, 5) is 0. The molecular weight excluding hydrogens is 289 g/mol. The van der Waals surface area contributed by atoms with Gasteiger partial charge in [0.15, 0.2) is 0 Å². The first kappa shape index (κ1) is 14.4. The second-order valence-electron chi connectivity index (χ2n) is 5.34. The van der Waals surface area contributed by atoms with E-state index in [-0.39, 0.29) is 5.02 Å². The minimum Gasteiger partial charge on any atom is -0.489 e. The number of ether oxygens (including phenoxy) is 1. The van der Waals surface area contributed by atoms with Gasteiger partial charge in [-0.15, -0.1) is 0 Å². The summed E-state index contributed by atoms with van der Waals surface area (Å²) in [5.41, 5.74) is 2.34. The monoisotopic (exact) mass is 305 g/mol. The second-order valence-corrected chi connectivity index (χ2v) is 5.75. The predicted octanol–water partition coefficient (Wildman–Crippen LogP) is 4.31. The summed E-state index contributed by atoms with van der Waals surface area (Å²) >= 11 is 5.73. The summed E-state index contributed by atoms with van der Waals surface area (Å²) < 4.78 is 18.7. The van der Waals surface area contributed by atoms with Gasteiger partial charge in [-0.3, -0.25) is 0 Å². The highest BCUT2D eigenvalue weighted by molar-refractivity contribution is 6.30. The van der Waals surface area contributed by atoms with E-state index in [1.54, 1.807) is 6.07 Å². The molecule has 2 aromatic rings. The van der Waals surface area contributed by atoms with Crippen LogP contribution in [0.2, 0.25) is 5.02 Å². The van der Waals surface area contributed by atoms with Gasteiger partial charge in [0.2, 0.25) is 0 Å². The molecule has 1 fully saturated rings. The molecule has 0 bridgehead atoms. The topological polar surface area (TPSA) is 21.3 Å². The van der Waals surface area contributed by atoms with E-state index >= 15 is 0 Å². The van der Waals surface area contributed by atoms with Gasteiger partial charge in [0.1, 0.15) is 18.2 Å². The second kappa shape index (κ2) is 6.46. The quantitative estimate of drug-likeness (QED) is 0.858. The molecule has 0 aromatic heterocycles. The summed E-state index contributed by atoms with van der Waals surface area (Å²) in [6, 6.07) is 13.4. The van der Waals surface area contributed by atoms with E-state index in [4.69, 9.17) is 16.3 Å². The average Bonchev–Trinajstić information content (AvgIpc) is 3.31. The third-order valence-corrected chi connectivity index (χ3v) is 3.75. The van der Waals surface area contributed by atoms with E-state index in [9.17, 15) is 4.39 Å². The van der Waals surface area contributed by atoms with Crippen LogP contribution in [0.5, 0.6) is 5.75 Å². The van der Waals surface area contributed by atoms with E-state index in [0.717, 1.165) is 12.1 Å². The fourth-order valence-electron chi connectivity index (χ4n) is 2.11. The molecule has 1 aliphatic carbocycles. The molecule has 1 N–H and O–H groups in total. The Hall–Kier alpha value is -1.58. The van der Waals surface area contributed by atoms with Crippen molar-refractivity contribution >= 4 is 11.6 Å². The van der Waals surface area contributed by atoms with Gasteiger partial charge in [0.25, 0.3) is 0 Å². The van der Waals surface area contributed by atoms with Crippen molar-refractivity contribution in [2.75, 3.05) is 0 Å². The molecule has 3 rings (SSSR count). The summed E-state index contributed by atoms with van der Waals surface area (Å²) in [6.45, 7) is 1.33. The normalized spacial score (nSPS) is 14.2. The highest BCUT2D eigenvalue weighted by Crippen LogP contribution is 2.22. The van der Waals surface area contributed by atoms with Gasteiger partial charge < -0.3 is 10.1 Å². The molecule has 0 saturated heterocycles. The summed E-state index contributed by atoms with van der Waals surface area (Å²) in [5, 5.41) is 3.57. The average molecular weight is 306 g/mol. The molecule has 0 amide bonds. The maximum atomic E-state index is 13.1. The van der Waals surface area contributed by atoms with Crippen molar-refractivity contribution in [1.29, 1.82) is 0 Å². The zero-order valence-electron chi connectivity index (χ0n) is 11.6. The Labute approximate surface area is 128 Å². The SMILES string of the molecule is Fc1ccc(OCc2cccc(CNC3CC3)c2)cc1Cl. The van der Waals surface area contributed by atoms with Crippen LogP contribution in [0.4, 0.5) is 4.39 Å². The Morgan fingerprint density at radius 3 is 2.71 bits per heavy atom. The van der Waals surface area contributed by atoms with Gasteiger partial charge in [-0.1, -0.05) is 35.9 Å². The van der Waals surface area contributed by atoms with Crippen LogP contribution >= 0.6 is 11.6 Å². The van der Waals surface area contributed by atoms with Crippen LogP contribution in [-0.4, -0.2) is 6.04 Å². The smallest absolute Gasteiger partial charge is 0.142 e. The molecule has 0 spiro atoms. The number of hydrogen-bond acceptors (Lipinski definition) is 2. The number of nitrogens with one attached hydrogen (secondary N) is 1. The van der Waals surface area contributed by atoms with E-state index in [2.05, 4.69) is 17.4 Å². The van der Waals surface area contributed by atoms with Gasteiger partial charge in [-0.25, -0.2) is 4.39 Å². The lowest BCUT2D eigenvalue weighted by molar-refractivity contribution is 0.305. The van der Waals surface area contributed by atoms with Gasteiger partial charge in [-0.2, -0.15) is 0 Å². The Balaban J connectivity index is 1.58. The standard InChI is InChI=1S/C17H17ClFNO/c18-16-9-15(6-7-17(16)19)21-11-13-3-1-2-12(8-13)10-20-14-4-5-14/h1-3,6-9,14,20H,4-5,10-11H2. The lowest BCUT2D eigenvalue weighted by atomic mass is 10.1. The first-order chi connectivity index (χ1) is 10.2. The van der Waals surface area contributed by atoms with Gasteiger partial charge in [0.05, 0.1) is 5.02 Å². The zero-order chi connectivity index (χ0) is 14.7. The van der Waals surface area contributed by atoms with Gasteiger partial charge in [0, 0.05) is 18.7 Å². The van der Waals surface area contributed by atoms with Crippen LogP contribution in [0.3, 0.4) is 0 Å². The summed E-state index contributed by atoms with van der Waals surface area (Å²) in [5.74, 6) is 0.139. The fraction of sp³-hybridized carbons (Fsp3) is 0.294. The Morgan fingerprint density at radius 2 is 1.95 bits per heavy atom. The first-order valence-corrected chi connectivity index (χ1v) is 7.47. The van der Waals surface area contributed by atoms with E-state index in [1.165, 1.54) is 30.5 Å². The molecule has 1 aliphatic rings. The van der Waals surface area contributed by atoms with Crippen molar-refractivity contribution in [1.82, 2.24) is 5.32 Å². The highest BCUT2D eigenvalue weighted by atomic mass is 35.5. The lowest BCUT2D eigenvalue weighted by Crippen LogP contribution is -2.15. The van der Waals surface area contributed by atoms with Gasteiger partial charge >= 0.3 is 0 Å². The number of benzene rings is 2. The zero-order valence-corrected chi connectivity index (χ0v) is 12.4. The lowest BCUT2D eigenvalue weighted by Gasteiger charge is -2.09. The van der Waals surface area contributed by atoms with E-state index in [1.807, 2.05) is 12.1 Å². The highest BCUT2D eigenvalue weighted by Gasteiger charge is 2.19. The van der Waals surface area contributed by atoms with Crippen molar-refractivity contribution in [2.45, 2.75) is 32.0 Å². The Kier molecular flexibility index (Phi) is 4.42. The predicted molar refractivity (Wildman–Crippen MR) is 82.0 cm³/mol. The minimum atomic E-state index is -0.433. The van der Waals surface area contributed by atoms with Crippen LogP contribution in [0.15, 0.2) is 42.5 Å². The molecule has 0 aliphatic heterocycles. The molecular formula is C17H17ClFNO. The molecule has 0 atom stereocenters. The molecule has 4 heteroatoms.